The first-order chi connectivity index (χ1) is 10.8. The molecular formula is C17H24N2O3. The predicted molar refractivity (Wildman–Crippen MR) is 82.6 cm³/mol. The molecule has 1 unspecified atom stereocenters. The van der Waals surface area contributed by atoms with Crippen LogP contribution in [0.25, 0.3) is 0 Å². The first kappa shape index (κ1) is 15.3. The predicted octanol–water partition coefficient (Wildman–Crippen LogP) is 2.59. The molecule has 22 heavy (non-hydrogen) atoms. The number of carbonyl (C=O) groups excluding carboxylic acids is 1. The number of nitrogens with zero attached hydrogens (tertiary/aromatic N) is 1. The zero-order valence-electron chi connectivity index (χ0n) is 12.9. The Morgan fingerprint density at radius 2 is 2.14 bits per heavy atom. The monoisotopic (exact) mass is 304 g/mol. The molecule has 3 rings (SSSR count). The molecule has 0 spiro atoms. The van der Waals surface area contributed by atoms with Crippen molar-refractivity contribution >= 4 is 5.91 Å². The van der Waals surface area contributed by atoms with E-state index in [1.54, 1.807) is 6.20 Å². The third-order valence-corrected chi connectivity index (χ3v) is 4.33. The number of carbonyl (C=O) groups is 1. The highest BCUT2D eigenvalue weighted by atomic mass is 16.5. The van der Waals surface area contributed by atoms with Crippen molar-refractivity contribution in [3.8, 4) is 5.88 Å². The third kappa shape index (κ3) is 4.19. The largest absolute Gasteiger partial charge is 0.474 e. The van der Waals surface area contributed by atoms with Crippen LogP contribution in [0.3, 0.4) is 0 Å². The van der Waals surface area contributed by atoms with Crippen molar-refractivity contribution in [3.63, 3.8) is 0 Å². The van der Waals surface area contributed by atoms with Gasteiger partial charge in [-0.15, -0.1) is 0 Å². The molecule has 2 heterocycles. The maximum atomic E-state index is 11.9. The Balaban J connectivity index is 1.50. The molecule has 1 aliphatic heterocycles. The Labute approximate surface area is 131 Å². The van der Waals surface area contributed by atoms with Crippen LogP contribution in [-0.4, -0.2) is 29.7 Å². The number of pyridine rings is 1. The summed E-state index contributed by atoms with van der Waals surface area (Å²) in [7, 11) is 0. The molecule has 1 aliphatic carbocycles. The van der Waals surface area contributed by atoms with E-state index < -0.39 is 0 Å². The maximum Gasteiger partial charge on any atom is 0.249 e. The number of ether oxygens (including phenoxy) is 2. The number of aromatic nitrogens is 1. The van der Waals surface area contributed by atoms with Gasteiger partial charge in [-0.2, -0.15) is 0 Å². The van der Waals surface area contributed by atoms with Gasteiger partial charge in [0.2, 0.25) is 11.8 Å². The number of hydrogen-bond acceptors (Lipinski definition) is 4. The van der Waals surface area contributed by atoms with Crippen LogP contribution < -0.4 is 10.1 Å². The number of amides is 1. The second-order valence-electron chi connectivity index (χ2n) is 6.10. The summed E-state index contributed by atoms with van der Waals surface area (Å²) in [5.41, 5.74) is 1.01. The molecule has 1 saturated carbocycles. The van der Waals surface area contributed by atoms with Gasteiger partial charge in [-0.25, -0.2) is 4.98 Å². The Kier molecular flexibility index (Phi) is 5.27. The normalized spacial score (nSPS) is 22.5. The SMILES string of the molecule is O=C(NCc1ccnc(OC2CCCCC2)c1)C1CCCO1. The summed E-state index contributed by atoms with van der Waals surface area (Å²) >= 11 is 0. The van der Waals surface area contributed by atoms with Crippen molar-refractivity contribution < 1.29 is 14.3 Å². The Bertz CT molecular complexity index is 494. The van der Waals surface area contributed by atoms with E-state index in [0.29, 0.717) is 19.0 Å². The minimum absolute atomic E-state index is 0.0240. The van der Waals surface area contributed by atoms with E-state index in [2.05, 4.69) is 10.3 Å². The smallest absolute Gasteiger partial charge is 0.249 e. The molecule has 1 amide bonds. The molecule has 1 aromatic rings. The fourth-order valence-electron chi connectivity index (χ4n) is 3.07. The molecule has 1 saturated heterocycles. The van der Waals surface area contributed by atoms with Gasteiger partial charge in [0, 0.05) is 25.4 Å². The Hall–Kier alpha value is -1.62. The van der Waals surface area contributed by atoms with E-state index in [1.165, 1.54) is 19.3 Å². The summed E-state index contributed by atoms with van der Waals surface area (Å²) in [5.74, 6) is 0.639. The molecule has 5 heteroatoms. The number of nitrogens with one attached hydrogen (secondary N) is 1. The fourth-order valence-corrected chi connectivity index (χ4v) is 3.07. The van der Waals surface area contributed by atoms with Crippen LogP contribution in [0.1, 0.15) is 50.5 Å². The van der Waals surface area contributed by atoms with E-state index >= 15 is 0 Å². The topological polar surface area (TPSA) is 60.5 Å². The molecule has 1 aromatic heterocycles. The number of hydrogen-bond donors (Lipinski definition) is 1. The Morgan fingerprint density at radius 3 is 2.91 bits per heavy atom. The first-order valence-corrected chi connectivity index (χ1v) is 8.32. The highest BCUT2D eigenvalue weighted by Crippen LogP contribution is 2.22. The quantitative estimate of drug-likeness (QED) is 0.908. The van der Waals surface area contributed by atoms with Crippen LogP contribution in [-0.2, 0) is 16.1 Å². The maximum absolute atomic E-state index is 11.9. The molecule has 1 N–H and O–H groups in total. The van der Waals surface area contributed by atoms with Crippen LogP contribution in [0, 0.1) is 0 Å². The minimum Gasteiger partial charge on any atom is -0.474 e. The Morgan fingerprint density at radius 1 is 1.27 bits per heavy atom. The van der Waals surface area contributed by atoms with Crippen molar-refractivity contribution in [2.45, 2.75) is 63.7 Å². The summed E-state index contributed by atoms with van der Waals surface area (Å²) in [6.07, 6.45) is 9.55. The van der Waals surface area contributed by atoms with Crippen LogP contribution >= 0.6 is 0 Å². The van der Waals surface area contributed by atoms with E-state index in [-0.39, 0.29) is 18.1 Å². The molecule has 2 fully saturated rings. The third-order valence-electron chi connectivity index (χ3n) is 4.33. The highest BCUT2D eigenvalue weighted by molar-refractivity contribution is 5.80. The lowest BCUT2D eigenvalue weighted by molar-refractivity contribution is -0.130. The van der Waals surface area contributed by atoms with Crippen LogP contribution in [0.4, 0.5) is 0 Å². The van der Waals surface area contributed by atoms with E-state index in [9.17, 15) is 4.79 Å². The standard InChI is InChI=1S/C17H24N2O3/c20-17(15-7-4-10-21-15)19-12-13-8-9-18-16(11-13)22-14-5-2-1-3-6-14/h8-9,11,14-15H,1-7,10,12H2,(H,19,20). The van der Waals surface area contributed by atoms with Crippen LogP contribution in [0.5, 0.6) is 5.88 Å². The molecule has 0 bridgehead atoms. The van der Waals surface area contributed by atoms with E-state index in [4.69, 9.17) is 9.47 Å². The summed E-state index contributed by atoms with van der Waals surface area (Å²) in [6.45, 7) is 1.18. The summed E-state index contributed by atoms with van der Waals surface area (Å²) < 4.78 is 11.3. The average molecular weight is 304 g/mol. The fraction of sp³-hybridized carbons (Fsp3) is 0.647. The lowest BCUT2D eigenvalue weighted by Gasteiger charge is -2.22. The van der Waals surface area contributed by atoms with Crippen molar-refractivity contribution in [1.29, 1.82) is 0 Å². The molecule has 2 aliphatic rings. The van der Waals surface area contributed by atoms with Crippen molar-refractivity contribution in [1.82, 2.24) is 10.3 Å². The van der Waals surface area contributed by atoms with Gasteiger partial charge in [0.25, 0.3) is 0 Å². The zero-order chi connectivity index (χ0) is 15.2. The molecular weight excluding hydrogens is 280 g/mol. The zero-order valence-corrected chi connectivity index (χ0v) is 12.9. The van der Waals surface area contributed by atoms with Crippen molar-refractivity contribution in [3.05, 3.63) is 23.9 Å². The van der Waals surface area contributed by atoms with Gasteiger partial charge in [-0.05, 0) is 50.2 Å². The molecule has 120 valence electrons. The lowest BCUT2D eigenvalue weighted by atomic mass is 9.98. The highest BCUT2D eigenvalue weighted by Gasteiger charge is 2.23. The molecule has 5 nitrogen and oxygen atoms in total. The van der Waals surface area contributed by atoms with Crippen molar-refractivity contribution in [2.75, 3.05) is 6.61 Å². The van der Waals surface area contributed by atoms with Gasteiger partial charge in [0.05, 0.1) is 0 Å². The van der Waals surface area contributed by atoms with Gasteiger partial charge in [-0.3, -0.25) is 4.79 Å². The van der Waals surface area contributed by atoms with Crippen LogP contribution in [0.2, 0.25) is 0 Å². The van der Waals surface area contributed by atoms with E-state index in [0.717, 1.165) is 31.2 Å². The van der Waals surface area contributed by atoms with Gasteiger partial charge >= 0.3 is 0 Å². The van der Waals surface area contributed by atoms with Gasteiger partial charge in [-0.1, -0.05) is 6.42 Å². The molecule has 0 aromatic carbocycles. The van der Waals surface area contributed by atoms with Gasteiger partial charge in [0.15, 0.2) is 0 Å². The summed E-state index contributed by atoms with van der Waals surface area (Å²) in [6, 6.07) is 3.83. The first-order valence-electron chi connectivity index (χ1n) is 8.32. The second kappa shape index (κ2) is 7.58. The minimum atomic E-state index is -0.278. The van der Waals surface area contributed by atoms with E-state index in [1.807, 2.05) is 12.1 Å². The second-order valence-corrected chi connectivity index (χ2v) is 6.10. The van der Waals surface area contributed by atoms with Gasteiger partial charge in [0.1, 0.15) is 12.2 Å². The van der Waals surface area contributed by atoms with Gasteiger partial charge < -0.3 is 14.8 Å². The summed E-state index contributed by atoms with van der Waals surface area (Å²) in [5, 5.41) is 2.92. The molecule has 0 radical (unpaired) electrons. The molecule has 1 atom stereocenters. The average Bonchev–Trinajstić information content (AvgIpc) is 3.08. The van der Waals surface area contributed by atoms with Crippen LogP contribution in [0.15, 0.2) is 18.3 Å². The lowest BCUT2D eigenvalue weighted by Crippen LogP contribution is -2.33. The van der Waals surface area contributed by atoms with Crippen molar-refractivity contribution in [2.24, 2.45) is 0 Å². The summed E-state index contributed by atoms with van der Waals surface area (Å²) in [4.78, 5) is 16.2. The number of rotatable bonds is 5.